The van der Waals surface area contributed by atoms with Crippen molar-refractivity contribution in [2.75, 3.05) is 10.6 Å². The van der Waals surface area contributed by atoms with Gasteiger partial charge in [0.15, 0.2) is 0 Å². The standard InChI is InChI=1S/C14H15N3/c1-10-14(6-3-7-16-10)17-8-11-4-2-5-13(15)12(11)9-17/h2-7H,8-9,15H2,1H3. The summed E-state index contributed by atoms with van der Waals surface area (Å²) in [5.74, 6) is 0. The van der Waals surface area contributed by atoms with Gasteiger partial charge in [-0.05, 0) is 36.2 Å². The molecule has 86 valence electrons. The Morgan fingerprint density at radius 3 is 2.82 bits per heavy atom. The van der Waals surface area contributed by atoms with Crippen molar-refractivity contribution in [3.8, 4) is 0 Å². The first-order valence-corrected chi connectivity index (χ1v) is 5.78. The van der Waals surface area contributed by atoms with Gasteiger partial charge in [0.1, 0.15) is 0 Å². The number of rotatable bonds is 1. The van der Waals surface area contributed by atoms with E-state index < -0.39 is 0 Å². The normalized spacial score (nSPS) is 13.8. The Morgan fingerprint density at radius 1 is 1.18 bits per heavy atom. The number of aromatic nitrogens is 1. The van der Waals surface area contributed by atoms with Crippen molar-refractivity contribution in [1.82, 2.24) is 4.98 Å². The number of hydrogen-bond donors (Lipinski definition) is 1. The zero-order chi connectivity index (χ0) is 11.8. The maximum atomic E-state index is 6.01. The van der Waals surface area contributed by atoms with Crippen LogP contribution in [0, 0.1) is 6.92 Å². The summed E-state index contributed by atoms with van der Waals surface area (Å²) in [7, 11) is 0. The van der Waals surface area contributed by atoms with Gasteiger partial charge in [0.25, 0.3) is 0 Å². The van der Waals surface area contributed by atoms with Crippen LogP contribution in [0.4, 0.5) is 11.4 Å². The maximum absolute atomic E-state index is 6.01. The largest absolute Gasteiger partial charge is 0.398 e. The molecule has 0 fully saturated rings. The van der Waals surface area contributed by atoms with Crippen molar-refractivity contribution in [2.24, 2.45) is 0 Å². The first kappa shape index (κ1) is 10.1. The molecule has 0 saturated heterocycles. The van der Waals surface area contributed by atoms with Crippen molar-refractivity contribution in [2.45, 2.75) is 20.0 Å². The molecular weight excluding hydrogens is 210 g/mol. The van der Waals surface area contributed by atoms with E-state index in [4.69, 9.17) is 5.73 Å². The second-order valence-corrected chi connectivity index (χ2v) is 4.45. The monoisotopic (exact) mass is 225 g/mol. The molecule has 0 radical (unpaired) electrons. The molecule has 0 spiro atoms. The van der Waals surface area contributed by atoms with Crippen LogP contribution in [0.15, 0.2) is 36.5 Å². The van der Waals surface area contributed by atoms with Gasteiger partial charge in [0.05, 0.1) is 11.4 Å². The second kappa shape index (κ2) is 3.77. The van der Waals surface area contributed by atoms with Gasteiger partial charge >= 0.3 is 0 Å². The van der Waals surface area contributed by atoms with Crippen molar-refractivity contribution in [3.05, 3.63) is 53.3 Å². The van der Waals surface area contributed by atoms with E-state index in [2.05, 4.69) is 22.0 Å². The van der Waals surface area contributed by atoms with Crippen LogP contribution >= 0.6 is 0 Å². The number of pyridine rings is 1. The summed E-state index contributed by atoms with van der Waals surface area (Å²) in [5, 5.41) is 0. The average molecular weight is 225 g/mol. The highest BCUT2D eigenvalue weighted by molar-refractivity contribution is 5.60. The quantitative estimate of drug-likeness (QED) is 0.758. The zero-order valence-corrected chi connectivity index (χ0v) is 9.85. The lowest BCUT2D eigenvalue weighted by molar-refractivity contribution is 0.868. The number of aryl methyl sites for hydroxylation is 1. The van der Waals surface area contributed by atoms with Gasteiger partial charge in [-0.15, -0.1) is 0 Å². The molecule has 0 aliphatic carbocycles. The lowest BCUT2D eigenvalue weighted by atomic mass is 10.1. The lowest BCUT2D eigenvalue weighted by Crippen LogP contribution is -2.16. The highest BCUT2D eigenvalue weighted by Gasteiger charge is 2.21. The third kappa shape index (κ3) is 1.64. The number of anilines is 2. The third-order valence-corrected chi connectivity index (χ3v) is 3.34. The molecule has 0 amide bonds. The number of fused-ring (bicyclic) bond motifs is 1. The molecule has 17 heavy (non-hydrogen) atoms. The predicted octanol–water partition coefficient (Wildman–Crippen LogP) is 2.49. The Morgan fingerprint density at radius 2 is 2.06 bits per heavy atom. The SMILES string of the molecule is Cc1ncccc1N1Cc2cccc(N)c2C1. The van der Waals surface area contributed by atoms with Crippen LogP contribution in [-0.2, 0) is 13.1 Å². The molecule has 1 aromatic heterocycles. The van der Waals surface area contributed by atoms with Gasteiger partial charge < -0.3 is 10.6 Å². The fourth-order valence-corrected chi connectivity index (χ4v) is 2.43. The van der Waals surface area contributed by atoms with Crippen molar-refractivity contribution in [3.63, 3.8) is 0 Å². The van der Waals surface area contributed by atoms with Crippen LogP contribution < -0.4 is 10.6 Å². The van der Waals surface area contributed by atoms with Gasteiger partial charge in [-0.1, -0.05) is 12.1 Å². The van der Waals surface area contributed by atoms with E-state index in [1.54, 1.807) is 0 Å². The Kier molecular flexibility index (Phi) is 2.25. The van der Waals surface area contributed by atoms with Gasteiger partial charge in [0, 0.05) is 25.0 Å². The summed E-state index contributed by atoms with van der Waals surface area (Å²) in [4.78, 5) is 6.66. The average Bonchev–Trinajstić information content (AvgIpc) is 2.75. The zero-order valence-electron chi connectivity index (χ0n) is 9.85. The van der Waals surface area contributed by atoms with Crippen LogP contribution in [0.2, 0.25) is 0 Å². The predicted molar refractivity (Wildman–Crippen MR) is 69.7 cm³/mol. The minimum Gasteiger partial charge on any atom is -0.398 e. The summed E-state index contributed by atoms with van der Waals surface area (Å²) >= 11 is 0. The number of hydrogen-bond acceptors (Lipinski definition) is 3. The Labute approximate surface area is 101 Å². The molecule has 1 aromatic carbocycles. The van der Waals surface area contributed by atoms with E-state index in [0.29, 0.717) is 0 Å². The third-order valence-electron chi connectivity index (χ3n) is 3.34. The molecule has 2 N–H and O–H groups in total. The summed E-state index contributed by atoms with van der Waals surface area (Å²) in [6, 6.07) is 10.2. The van der Waals surface area contributed by atoms with Crippen LogP contribution in [-0.4, -0.2) is 4.98 Å². The number of nitrogens with zero attached hydrogens (tertiary/aromatic N) is 2. The summed E-state index contributed by atoms with van der Waals surface area (Å²) < 4.78 is 0. The molecule has 3 heteroatoms. The van der Waals surface area contributed by atoms with Gasteiger partial charge in [0.2, 0.25) is 0 Å². The van der Waals surface area contributed by atoms with Gasteiger partial charge in [-0.2, -0.15) is 0 Å². The van der Waals surface area contributed by atoms with Crippen LogP contribution in [0.5, 0.6) is 0 Å². The molecular formula is C14H15N3. The molecule has 2 aromatic rings. The Hall–Kier alpha value is -2.03. The van der Waals surface area contributed by atoms with E-state index in [9.17, 15) is 0 Å². The Balaban J connectivity index is 1.97. The number of nitrogen functional groups attached to an aromatic ring is 1. The molecule has 1 aliphatic heterocycles. The lowest BCUT2D eigenvalue weighted by Gasteiger charge is -2.19. The van der Waals surface area contributed by atoms with Crippen LogP contribution in [0.25, 0.3) is 0 Å². The highest BCUT2D eigenvalue weighted by atomic mass is 15.2. The van der Waals surface area contributed by atoms with Crippen molar-refractivity contribution < 1.29 is 0 Å². The molecule has 0 saturated carbocycles. The van der Waals surface area contributed by atoms with Crippen LogP contribution in [0.3, 0.4) is 0 Å². The number of nitrogens with two attached hydrogens (primary N) is 1. The highest BCUT2D eigenvalue weighted by Crippen LogP contribution is 2.32. The smallest absolute Gasteiger partial charge is 0.0605 e. The fraction of sp³-hybridized carbons (Fsp3) is 0.214. The molecule has 1 aliphatic rings. The number of benzene rings is 1. The van der Waals surface area contributed by atoms with E-state index >= 15 is 0 Å². The first-order chi connectivity index (χ1) is 8.25. The molecule has 0 atom stereocenters. The van der Waals surface area contributed by atoms with Crippen molar-refractivity contribution in [1.29, 1.82) is 0 Å². The van der Waals surface area contributed by atoms with E-state index in [1.807, 2.05) is 31.3 Å². The van der Waals surface area contributed by atoms with E-state index in [0.717, 1.165) is 24.5 Å². The summed E-state index contributed by atoms with van der Waals surface area (Å²) in [6.45, 7) is 3.85. The first-order valence-electron chi connectivity index (χ1n) is 5.78. The van der Waals surface area contributed by atoms with Gasteiger partial charge in [-0.3, -0.25) is 4.98 Å². The van der Waals surface area contributed by atoms with Crippen LogP contribution in [0.1, 0.15) is 16.8 Å². The molecule has 0 unspecified atom stereocenters. The molecule has 0 bridgehead atoms. The minimum atomic E-state index is 0.883. The Bertz CT molecular complexity index is 563. The van der Waals surface area contributed by atoms with Crippen molar-refractivity contribution >= 4 is 11.4 Å². The maximum Gasteiger partial charge on any atom is 0.0605 e. The molecule has 2 heterocycles. The molecule has 3 rings (SSSR count). The summed E-state index contributed by atoms with van der Waals surface area (Å²) in [6.07, 6.45) is 1.83. The van der Waals surface area contributed by atoms with E-state index in [1.165, 1.54) is 16.8 Å². The fourth-order valence-electron chi connectivity index (χ4n) is 2.43. The topological polar surface area (TPSA) is 42.2 Å². The summed E-state index contributed by atoms with van der Waals surface area (Å²) in [5.41, 5.74) is 11.8. The minimum absolute atomic E-state index is 0.883. The van der Waals surface area contributed by atoms with E-state index in [-0.39, 0.29) is 0 Å². The second-order valence-electron chi connectivity index (χ2n) is 4.45. The molecule has 3 nitrogen and oxygen atoms in total. The van der Waals surface area contributed by atoms with Gasteiger partial charge in [-0.25, -0.2) is 0 Å².